The number of rotatable bonds is 50. The predicted octanol–water partition coefficient (Wildman–Crippen LogP) is 15.2. The molecule has 0 aromatic carbocycles. The van der Waals surface area contributed by atoms with Crippen molar-refractivity contribution in [2.24, 2.45) is 0 Å². The fourth-order valence-electron chi connectivity index (χ4n) is 7.86. The van der Waals surface area contributed by atoms with Crippen LogP contribution >= 0.6 is 11.8 Å². The van der Waals surface area contributed by atoms with E-state index in [1.54, 1.807) is 0 Å². The molecule has 0 rings (SSSR count). The van der Waals surface area contributed by atoms with E-state index >= 15 is 0 Å². The monoisotopic (exact) mass is 858 g/mol. The summed E-state index contributed by atoms with van der Waals surface area (Å²) in [5, 5.41) is 4.18. The Morgan fingerprint density at radius 1 is 0.466 bits per heavy atom. The van der Waals surface area contributed by atoms with Crippen LogP contribution in [0.5, 0.6) is 0 Å². The SMILES string of the molecule is CCCCCCCCCCCCC(CCCCCCCCCCCC)(CO[SiH](CCCSC(=O)CCCCCCCCCCC)OCCOCCOCCCC)NC. The highest BCUT2D eigenvalue weighted by molar-refractivity contribution is 8.13. The number of ether oxygens (including phenoxy) is 2. The summed E-state index contributed by atoms with van der Waals surface area (Å²) in [6.07, 6.45) is 45.2. The molecule has 0 saturated heterocycles. The van der Waals surface area contributed by atoms with Crippen molar-refractivity contribution in [3.05, 3.63) is 0 Å². The summed E-state index contributed by atoms with van der Waals surface area (Å²) in [6.45, 7) is 13.0. The summed E-state index contributed by atoms with van der Waals surface area (Å²) in [5.74, 6) is 0.868. The molecule has 58 heavy (non-hydrogen) atoms. The highest BCUT2D eigenvalue weighted by atomic mass is 32.2. The van der Waals surface area contributed by atoms with E-state index in [-0.39, 0.29) is 5.54 Å². The summed E-state index contributed by atoms with van der Waals surface area (Å²) < 4.78 is 24.9. The lowest BCUT2D eigenvalue weighted by molar-refractivity contribution is -0.111. The molecule has 0 aliphatic rings. The second-order valence-corrected chi connectivity index (χ2v) is 20.8. The quantitative estimate of drug-likeness (QED) is 0.0483. The van der Waals surface area contributed by atoms with E-state index < -0.39 is 9.28 Å². The lowest BCUT2D eigenvalue weighted by Gasteiger charge is -2.35. The maximum absolute atomic E-state index is 12.7. The summed E-state index contributed by atoms with van der Waals surface area (Å²) >= 11 is 1.54. The summed E-state index contributed by atoms with van der Waals surface area (Å²) in [7, 11) is 0.221. The van der Waals surface area contributed by atoms with Crippen molar-refractivity contribution >= 4 is 26.2 Å². The number of likely N-dealkylation sites (N-methyl/N-ethyl adjacent to an activating group) is 1. The molecular formula is C50H103NO5SSi. The standard InChI is InChI=1S/C50H103NO5SSi/c1-6-10-14-17-20-23-26-29-32-35-39-50(51-5,40-36-33-30-27-24-21-18-15-11-7-2)48-56-58(55-45-44-54-43-42-53-41-13-9-4)47-37-46-57-49(52)38-34-31-28-25-22-19-16-12-8-3/h51,58H,6-48H2,1-5H3. The number of hydrogen-bond donors (Lipinski definition) is 1. The molecule has 0 radical (unpaired) electrons. The molecule has 0 heterocycles. The largest absolute Gasteiger partial charge is 0.395 e. The molecule has 6 nitrogen and oxygen atoms in total. The number of thioether (sulfide) groups is 1. The number of nitrogens with one attached hydrogen (secondary N) is 1. The zero-order valence-electron chi connectivity index (χ0n) is 39.9. The van der Waals surface area contributed by atoms with Crippen LogP contribution in [-0.4, -0.2) is 72.4 Å². The van der Waals surface area contributed by atoms with Gasteiger partial charge >= 0.3 is 9.28 Å². The normalized spacial score (nSPS) is 12.5. The molecule has 0 aromatic rings. The van der Waals surface area contributed by atoms with Crippen LogP contribution in [0.2, 0.25) is 6.04 Å². The third-order valence-electron chi connectivity index (χ3n) is 12.0. The molecule has 1 N–H and O–H groups in total. The minimum Gasteiger partial charge on any atom is -0.395 e. The number of carbonyl (C=O) groups excluding carboxylic acids is 1. The van der Waals surface area contributed by atoms with Gasteiger partial charge in [0.2, 0.25) is 0 Å². The number of unbranched alkanes of at least 4 members (excludes halogenated alkanes) is 27. The summed E-state index contributed by atoms with van der Waals surface area (Å²) in [6, 6.07) is 0.939. The maximum Gasteiger partial charge on any atom is 0.321 e. The predicted molar refractivity (Wildman–Crippen MR) is 259 cm³/mol. The van der Waals surface area contributed by atoms with Crippen molar-refractivity contribution in [3.63, 3.8) is 0 Å². The Balaban J connectivity index is 5.05. The van der Waals surface area contributed by atoms with Crippen LogP contribution < -0.4 is 5.32 Å². The Bertz CT molecular complexity index is 784. The second-order valence-electron chi connectivity index (χ2n) is 17.5. The molecule has 0 amide bonds. The van der Waals surface area contributed by atoms with Gasteiger partial charge in [-0.05, 0) is 45.2 Å². The molecule has 8 heteroatoms. The van der Waals surface area contributed by atoms with Crippen molar-refractivity contribution in [1.29, 1.82) is 0 Å². The summed E-state index contributed by atoms with van der Waals surface area (Å²) in [4.78, 5) is 12.7. The van der Waals surface area contributed by atoms with Crippen molar-refractivity contribution < 1.29 is 23.1 Å². The van der Waals surface area contributed by atoms with Crippen LogP contribution in [0.1, 0.15) is 252 Å². The lowest BCUT2D eigenvalue weighted by atomic mass is 9.87. The second kappa shape index (κ2) is 48.1. The lowest BCUT2D eigenvalue weighted by Crippen LogP contribution is -2.49. The van der Waals surface area contributed by atoms with Crippen molar-refractivity contribution in [1.82, 2.24) is 5.32 Å². The molecule has 0 spiro atoms. The first-order valence-corrected chi connectivity index (χ1v) is 28.5. The molecule has 1 atom stereocenters. The van der Waals surface area contributed by atoms with E-state index in [1.165, 1.54) is 204 Å². The molecule has 1 unspecified atom stereocenters. The van der Waals surface area contributed by atoms with Crippen LogP contribution in [0.4, 0.5) is 0 Å². The molecule has 0 bridgehead atoms. The van der Waals surface area contributed by atoms with E-state index in [9.17, 15) is 4.79 Å². The van der Waals surface area contributed by atoms with Gasteiger partial charge in [0.1, 0.15) is 0 Å². The average molecular weight is 859 g/mol. The minimum absolute atomic E-state index is 0.00145. The molecular weight excluding hydrogens is 755 g/mol. The molecule has 0 aliphatic carbocycles. The number of hydrogen-bond acceptors (Lipinski definition) is 7. The fourth-order valence-corrected chi connectivity index (χ4v) is 10.8. The molecule has 348 valence electrons. The third-order valence-corrected chi connectivity index (χ3v) is 15.0. The Morgan fingerprint density at radius 2 is 0.862 bits per heavy atom. The maximum atomic E-state index is 12.7. The van der Waals surface area contributed by atoms with E-state index in [4.69, 9.17) is 18.3 Å². The van der Waals surface area contributed by atoms with Gasteiger partial charge in [0.15, 0.2) is 5.12 Å². The first-order chi connectivity index (χ1) is 28.6. The van der Waals surface area contributed by atoms with Gasteiger partial charge in [0.25, 0.3) is 0 Å². The van der Waals surface area contributed by atoms with Crippen molar-refractivity contribution in [2.75, 3.05) is 52.4 Å². The molecule has 0 aliphatic heterocycles. The zero-order valence-corrected chi connectivity index (χ0v) is 41.9. The van der Waals surface area contributed by atoms with Crippen molar-refractivity contribution in [3.8, 4) is 0 Å². The van der Waals surface area contributed by atoms with E-state index in [0.717, 1.165) is 57.1 Å². The van der Waals surface area contributed by atoms with Crippen LogP contribution in [0.15, 0.2) is 0 Å². The molecule has 0 aromatic heterocycles. The Labute approximate surface area is 369 Å². The van der Waals surface area contributed by atoms with Crippen LogP contribution in [-0.2, 0) is 23.1 Å². The highest BCUT2D eigenvalue weighted by Crippen LogP contribution is 2.26. The zero-order chi connectivity index (χ0) is 42.3. The Hall–Kier alpha value is 0.0369. The van der Waals surface area contributed by atoms with Gasteiger partial charge in [-0.1, -0.05) is 226 Å². The van der Waals surface area contributed by atoms with Gasteiger partial charge in [-0.2, -0.15) is 0 Å². The fraction of sp³-hybridized carbons (Fsp3) is 0.980. The highest BCUT2D eigenvalue weighted by Gasteiger charge is 2.29. The van der Waals surface area contributed by atoms with E-state index in [2.05, 4.69) is 40.1 Å². The van der Waals surface area contributed by atoms with Crippen molar-refractivity contribution in [2.45, 2.75) is 264 Å². The number of carbonyl (C=O) groups is 1. The average Bonchev–Trinajstić information content (AvgIpc) is 3.23. The third kappa shape index (κ3) is 41.4. The van der Waals surface area contributed by atoms with Gasteiger partial charge in [0, 0.05) is 24.3 Å². The Morgan fingerprint density at radius 3 is 1.31 bits per heavy atom. The molecule has 0 saturated carbocycles. The minimum atomic E-state index is -1.95. The van der Waals surface area contributed by atoms with Gasteiger partial charge in [-0.3, -0.25) is 4.79 Å². The van der Waals surface area contributed by atoms with Crippen LogP contribution in [0.25, 0.3) is 0 Å². The van der Waals surface area contributed by atoms with Gasteiger partial charge in [-0.25, -0.2) is 0 Å². The van der Waals surface area contributed by atoms with Crippen LogP contribution in [0.3, 0.4) is 0 Å². The van der Waals surface area contributed by atoms with E-state index in [1.807, 2.05) is 0 Å². The smallest absolute Gasteiger partial charge is 0.321 e. The Kier molecular flexibility index (Phi) is 48.1. The van der Waals surface area contributed by atoms with Crippen LogP contribution in [0, 0.1) is 0 Å². The van der Waals surface area contributed by atoms with Gasteiger partial charge in [-0.15, -0.1) is 0 Å². The first-order valence-electron chi connectivity index (χ1n) is 25.8. The summed E-state index contributed by atoms with van der Waals surface area (Å²) in [5.41, 5.74) is 0.00145. The van der Waals surface area contributed by atoms with E-state index in [0.29, 0.717) is 31.5 Å². The first kappa shape index (κ1) is 58.0. The topological polar surface area (TPSA) is 66.0 Å². The van der Waals surface area contributed by atoms with Gasteiger partial charge < -0.3 is 23.6 Å². The van der Waals surface area contributed by atoms with Gasteiger partial charge in [0.05, 0.1) is 33.0 Å². The molecule has 0 fully saturated rings.